The number of primary amides is 1. The number of amides is 3. The largest absolute Gasteiger partial charge is 0.506 e. The zero-order valence-corrected chi connectivity index (χ0v) is 12.3. The van der Waals surface area contributed by atoms with Gasteiger partial charge in [0.25, 0.3) is 0 Å². The highest BCUT2D eigenvalue weighted by Crippen LogP contribution is 2.23. The van der Waals surface area contributed by atoms with Crippen molar-refractivity contribution in [1.29, 1.82) is 0 Å². The minimum atomic E-state index is -0.926. The third kappa shape index (κ3) is 4.07. The number of nitrogens with two attached hydrogens (primary N) is 1. The van der Waals surface area contributed by atoms with Gasteiger partial charge in [0.2, 0.25) is 5.91 Å². The number of phenolic OH excluding ortho intramolecular Hbond substituents is 1. The second kappa shape index (κ2) is 6.61. The zero-order valence-electron chi connectivity index (χ0n) is 12.3. The highest BCUT2D eigenvalue weighted by Gasteiger charge is 2.16. The van der Waals surface area contributed by atoms with E-state index in [2.05, 4.69) is 10.6 Å². The summed E-state index contributed by atoms with van der Waals surface area (Å²) in [7, 11) is 0. The van der Waals surface area contributed by atoms with Crippen molar-refractivity contribution in [2.75, 3.05) is 10.6 Å². The fourth-order valence-electron chi connectivity index (χ4n) is 1.83. The first-order valence-corrected chi connectivity index (χ1v) is 6.68. The second-order valence-electron chi connectivity index (χ2n) is 4.87. The Morgan fingerprint density at radius 1 is 0.957 bits per heavy atom. The highest BCUT2D eigenvalue weighted by atomic mass is 16.3. The van der Waals surface area contributed by atoms with Gasteiger partial charge in [0, 0.05) is 11.3 Å². The average molecular weight is 313 g/mol. The molecule has 5 N–H and O–H groups in total. The molecule has 0 saturated carbocycles. The zero-order chi connectivity index (χ0) is 17.0. The number of carbonyl (C=O) groups is 3. The maximum absolute atomic E-state index is 11.8. The van der Waals surface area contributed by atoms with Gasteiger partial charge < -0.3 is 21.5 Å². The van der Waals surface area contributed by atoms with E-state index in [1.807, 2.05) is 0 Å². The maximum atomic E-state index is 11.8. The number of phenols is 1. The number of nitrogens with one attached hydrogen (secondary N) is 2. The van der Waals surface area contributed by atoms with Crippen LogP contribution in [0.5, 0.6) is 5.75 Å². The molecule has 2 aromatic rings. The molecule has 2 rings (SSSR count). The molecule has 7 heteroatoms. The highest BCUT2D eigenvalue weighted by molar-refractivity contribution is 6.43. The lowest BCUT2D eigenvalue weighted by atomic mass is 10.2. The Morgan fingerprint density at radius 2 is 1.57 bits per heavy atom. The normalized spacial score (nSPS) is 9.96. The predicted molar refractivity (Wildman–Crippen MR) is 85.1 cm³/mol. The fraction of sp³-hybridized carbons (Fsp3) is 0.0625. The third-order valence-corrected chi connectivity index (χ3v) is 3.03. The van der Waals surface area contributed by atoms with Crippen LogP contribution < -0.4 is 16.4 Å². The molecule has 3 amide bonds. The third-order valence-electron chi connectivity index (χ3n) is 3.03. The Kier molecular flexibility index (Phi) is 4.61. The smallest absolute Gasteiger partial charge is 0.314 e. The van der Waals surface area contributed by atoms with Crippen molar-refractivity contribution in [3.8, 4) is 5.75 Å². The first-order valence-electron chi connectivity index (χ1n) is 6.68. The minimum Gasteiger partial charge on any atom is -0.506 e. The molecule has 0 aromatic heterocycles. The monoisotopic (exact) mass is 313 g/mol. The summed E-state index contributed by atoms with van der Waals surface area (Å²) in [6.45, 7) is 1.79. The summed E-state index contributed by atoms with van der Waals surface area (Å²) in [5, 5.41) is 14.4. The Labute approximate surface area is 132 Å². The topological polar surface area (TPSA) is 122 Å². The molecular weight excluding hydrogens is 298 g/mol. The van der Waals surface area contributed by atoms with Crippen molar-refractivity contribution < 1.29 is 19.5 Å². The number of aryl methyl sites for hydroxylation is 1. The van der Waals surface area contributed by atoms with E-state index < -0.39 is 17.7 Å². The molecule has 0 fully saturated rings. The molecule has 0 saturated heterocycles. The van der Waals surface area contributed by atoms with Crippen LogP contribution in [0.2, 0.25) is 0 Å². The van der Waals surface area contributed by atoms with Crippen LogP contribution in [0.1, 0.15) is 15.9 Å². The summed E-state index contributed by atoms with van der Waals surface area (Å²) >= 11 is 0. The first-order chi connectivity index (χ1) is 10.9. The van der Waals surface area contributed by atoms with Crippen molar-refractivity contribution in [2.45, 2.75) is 6.92 Å². The Morgan fingerprint density at radius 3 is 2.17 bits per heavy atom. The van der Waals surface area contributed by atoms with E-state index in [0.29, 0.717) is 5.69 Å². The first kappa shape index (κ1) is 16.0. The molecule has 0 heterocycles. The van der Waals surface area contributed by atoms with Gasteiger partial charge in [-0.25, -0.2) is 0 Å². The molecule has 0 atom stereocenters. The molecule has 2 aromatic carbocycles. The van der Waals surface area contributed by atoms with Crippen molar-refractivity contribution in [3.05, 3.63) is 53.6 Å². The number of rotatable bonds is 3. The van der Waals surface area contributed by atoms with Crippen molar-refractivity contribution in [2.24, 2.45) is 5.73 Å². The molecule has 0 spiro atoms. The lowest BCUT2D eigenvalue weighted by molar-refractivity contribution is -0.133. The Bertz CT molecular complexity index is 769. The van der Waals surface area contributed by atoms with Gasteiger partial charge in [-0.3, -0.25) is 14.4 Å². The van der Waals surface area contributed by atoms with E-state index in [9.17, 15) is 19.5 Å². The fourth-order valence-corrected chi connectivity index (χ4v) is 1.83. The second-order valence-corrected chi connectivity index (χ2v) is 4.87. The molecule has 118 valence electrons. The van der Waals surface area contributed by atoms with Crippen molar-refractivity contribution >= 4 is 29.1 Å². The Hall–Kier alpha value is -3.35. The van der Waals surface area contributed by atoms with Crippen LogP contribution in [0.3, 0.4) is 0 Å². The molecule has 23 heavy (non-hydrogen) atoms. The van der Waals surface area contributed by atoms with Crippen LogP contribution in [-0.4, -0.2) is 22.8 Å². The molecule has 0 bridgehead atoms. The standard InChI is InChI=1S/C16H15N3O4/c1-9-2-7-13(20)12(8-9)19-16(23)15(22)18-11-5-3-10(4-6-11)14(17)21/h2-8,20H,1H3,(H2,17,21)(H,18,22)(H,19,23). The van der Waals surface area contributed by atoms with Crippen LogP contribution in [0.4, 0.5) is 11.4 Å². The van der Waals surface area contributed by atoms with E-state index in [1.54, 1.807) is 19.1 Å². The van der Waals surface area contributed by atoms with Gasteiger partial charge in [-0.05, 0) is 48.9 Å². The van der Waals surface area contributed by atoms with E-state index >= 15 is 0 Å². The van der Waals surface area contributed by atoms with Crippen LogP contribution in [-0.2, 0) is 9.59 Å². The number of aromatic hydroxyl groups is 1. The van der Waals surface area contributed by atoms with Crippen LogP contribution in [0.25, 0.3) is 0 Å². The van der Waals surface area contributed by atoms with Gasteiger partial charge >= 0.3 is 11.8 Å². The molecule has 0 aliphatic rings. The quantitative estimate of drug-likeness (QED) is 0.505. The molecule has 7 nitrogen and oxygen atoms in total. The van der Waals surface area contributed by atoms with Gasteiger partial charge in [-0.2, -0.15) is 0 Å². The summed E-state index contributed by atoms with van der Waals surface area (Å²) < 4.78 is 0. The Balaban J connectivity index is 2.03. The predicted octanol–water partition coefficient (Wildman–Crippen LogP) is 1.38. The van der Waals surface area contributed by atoms with Crippen molar-refractivity contribution in [3.63, 3.8) is 0 Å². The van der Waals surface area contributed by atoms with Gasteiger partial charge in [-0.15, -0.1) is 0 Å². The summed E-state index contributed by atoms with van der Waals surface area (Å²) in [6.07, 6.45) is 0. The minimum absolute atomic E-state index is 0.137. The molecule has 0 aliphatic carbocycles. The molecular formula is C16H15N3O4. The summed E-state index contributed by atoms with van der Waals surface area (Å²) in [5.74, 6) is -2.55. The number of carbonyl (C=O) groups excluding carboxylic acids is 3. The summed E-state index contributed by atoms with van der Waals surface area (Å²) in [4.78, 5) is 34.6. The van der Waals surface area contributed by atoms with E-state index in [4.69, 9.17) is 5.73 Å². The van der Waals surface area contributed by atoms with E-state index in [-0.39, 0.29) is 17.0 Å². The van der Waals surface area contributed by atoms with Gasteiger partial charge in [0.05, 0.1) is 5.69 Å². The average Bonchev–Trinajstić information content (AvgIpc) is 2.51. The molecule has 0 radical (unpaired) electrons. The van der Waals surface area contributed by atoms with E-state index in [1.165, 1.54) is 30.3 Å². The lowest BCUT2D eigenvalue weighted by Crippen LogP contribution is -2.29. The molecule has 0 aliphatic heterocycles. The van der Waals surface area contributed by atoms with Gasteiger partial charge in [-0.1, -0.05) is 6.07 Å². The van der Waals surface area contributed by atoms with Gasteiger partial charge in [0.1, 0.15) is 5.75 Å². The van der Waals surface area contributed by atoms with Crippen LogP contribution in [0, 0.1) is 6.92 Å². The maximum Gasteiger partial charge on any atom is 0.314 e. The lowest BCUT2D eigenvalue weighted by Gasteiger charge is -2.09. The van der Waals surface area contributed by atoms with Crippen molar-refractivity contribution in [1.82, 2.24) is 0 Å². The number of hydrogen-bond acceptors (Lipinski definition) is 4. The number of benzene rings is 2. The summed E-state index contributed by atoms with van der Waals surface area (Å²) in [6, 6.07) is 10.4. The van der Waals surface area contributed by atoms with E-state index in [0.717, 1.165) is 5.56 Å². The number of anilines is 2. The molecule has 0 unspecified atom stereocenters. The SMILES string of the molecule is Cc1ccc(O)c(NC(=O)C(=O)Nc2ccc(C(N)=O)cc2)c1. The summed E-state index contributed by atoms with van der Waals surface area (Å²) in [5.41, 5.74) is 6.70. The van der Waals surface area contributed by atoms with Gasteiger partial charge in [0.15, 0.2) is 0 Å². The van der Waals surface area contributed by atoms with Crippen LogP contribution in [0.15, 0.2) is 42.5 Å². The van der Waals surface area contributed by atoms with Crippen LogP contribution >= 0.6 is 0 Å². The number of hydrogen-bond donors (Lipinski definition) is 4.